The predicted molar refractivity (Wildman–Crippen MR) is 136 cm³/mol. The van der Waals surface area contributed by atoms with Crippen LogP contribution < -0.4 is 10.6 Å². The van der Waals surface area contributed by atoms with Crippen molar-refractivity contribution in [3.05, 3.63) is 0 Å². The molecule has 3 fully saturated rings. The Morgan fingerprint density at radius 2 is 1.45 bits per heavy atom. The first kappa shape index (κ1) is 25.5. The topological polar surface area (TPSA) is 27.3 Å². The van der Waals surface area contributed by atoms with E-state index in [1.807, 2.05) is 0 Å². The van der Waals surface area contributed by atoms with Crippen molar-refractivity contribution in [3.63, 3.8) is 0 Å². The van der Waals surface area contributed by atoms with Gasteiger partial charge in [-0.1, -0.05) is 48.5 Å². The number of piperidine rings is 3. The van der Waals surface area contributed by atoms with Crippen molar-refractivity contribution < 1.29 is 0 Å². The zero-order chi connectivity index (χ0) is 22.9. The van der Waals surface area contributed by atoms with E-state index in [0.29, 0.717) is 22.3 Å². The molecule has 0 spiro atoms. The van der Waals surface area contributed by atoms with Crippen LogP contribution in [0.4, 0.5) is 0 Å². The van der Waals surface area contributed by atoms with E-state index in [2.05, 4.69) is 71.0 Å². The molecule has 3 saturated heterocycles. The van der Waals surface area contributed by atoms with E-state index in [1.54, 1.807) is 0 Å². The van der Waals surface area contributed by atoms with Gasteiger partial charge >= 0.3 is 0 Å². The minimum Gasteiger partial charge on any atom is -0.316 e. The molecule has 0 saturated carbocycles. The summed E-state index contributed by atoms with van der Waals surface area (Å²) in [5.41, 5.74) is 1.27. The monoisotopic (exact) mass is 433 g/mol. The molecular weight excluding hydrogens is 378 g/mol. The maximum Gasteiger partial charge on any atom is 0.0144 e. The Kier molecular flexibility index (Phi) is 8.24. The van der Waals surface area contributed by atoms with Gasteiger partial charge in [0.05, 0.1) is 0 Å². The van der Waals surface area contributed by atoms with Gasteiger partial charge in [-0.05, 0) is 112 Å². The summed E-state index contributed by atoms with van der Waals surface area (Å²) in [5, 5.41) is 7.54. The number of nitrogens with one attached hydrogen (secondary N) is 2. The molecule has 182 valence electrons. The highest BCUT2D eigenvalue weighted by Gasteiger charge is 2.41. The maximum atomic E-state index is 3.89. The van der Waals surface area contributed by atoms with E-state index in [1.165, 1.54) is 77.5 Å². The standard InChI is InChI=1S/C28H55N3/c1-26(2,3)24-13-11-21(18-30-24)16-28(6,7)25-14-12-22(20-31(25)8)17-27(4,5)23-10-9-15-29-19-23/h21-25,29-30H,9-20H2,1-8H3. The Morgan fingerprint density at radius 3 is 2.00 bits per heavy atom. The van der Waals surface area contributed by atoms with Crippen molar-refractivity contribution in [2.24, 2.45) is 34.0 Å². The van der Waals surface area contributed by atoms with Crippen molar-refractivity contribution in [1.29, 1.82) is 0 Å². The second-order valence-corrected chi connectivity index (χ2v) is 14.1. The number of nitrogens with zero attached hydrogens (tertiary/aromatic N) is 1. The van der Waals surface area contributed by atoms with Crippen molar-refractivity contribution >= 4 is 0 Å². The summed E-state index contributed by atoms with van der Waals surface area (Å²) >= 11 is 0. The van der Waals surface area contributed by atoms with Gasteiger partial charge in [-0.3, -0.25) is 0 Å². The zero-order valence-corrected chi connectivity index (χ0v) is 22.3. The summed E-state index contributed by atoms with van der Waals surface area (Å²) in [5.74, 6) is 2.58. The van der Waals surface area contributed by atoms with Crippen LogP contribution in [0.5, 0.6) is 0 Å². The molecule has 0 aromatic heterocycles. The molecule has 5 unspecified atom stereocenters. The zero-order valence-electron chi connectivity index (χ0n) is 22.3. The predicted octanol–water partition coefficient (Wildman–Crippen LogP) is 5.94. The minimum absolute atomic E-state index is 0.389. The summed E-state index contributed by atoms with van der Waals surface area (Å²) in [6.07, 6.45) is 11.1. The minimum atomic E-state index is 0.389. The first-order valence-corrected chi connectivity index (χ1v) is 13.5. The van der Waals surface area contributed by atoms with Gasteiger partial charge < -0.3 is 15.5 Å². The Labute approximate surface area is 194 Å². The average molecular weight is 434 g/mol. The third-order valence-corrected chi connectivity index (χ3v) is 9.42. The first-order chi connectivity index (χ1) is 14.4. The molecule has 3 nitrogen and oxygen atoms in total. The lowest BCUT2D eigenvalue weighted by Gasteiger charge is -2.49. The molecule has 3 aliphatic heterocycles. The lowest BCUT2D eigenvalue weighted by atomic mass is 9.66. The van der Waals surface area contributed by atoms with Gasteiger partial charge in [0.25, 0.3) is 0 Å². The fourth-order valence-electron chi connectivity index (χ4n) is 7.53. The maximum absolute atomic E-state index is 3.89. The van der Waals surface area contributed by atoms with Crippen LogP contribution in [0.2, 0.25) is 0 Å². The van der Waals surface area contributed by atoms with Gasteiger partial charge in [-0.2, -0.15) is 0 Å². The third-order valence-electron chi connectivity index (χ3n) is 9.42. The second-order valence-electron chi connectivity index (χ2n) is 14.1. The molecule has 0 aromatic rings. The Bertz CT molecular complexity index is 547. The summed E-state index contributed by atoms with van der Waals surface area (Å²) in [6.45, 7) is 22.3. The van der Waals surface area contributed by atoms with E-state index >= 15 is 0 Å². The SMILES string of the molecule is CN1CC(CC(C)(C)C2CCCNC2)CCC1C(C)(C)CC1CCC(C(C)(C)C)NC1. The van der Waals surface area contributed by atoms with Gasteiger partial charge in [0.1, 0.15) is 0 Å². The highest BCUT2D eigenvalue weighted by Crippen LogP contribution is 2.44. The van der Waals surface area contributed by atoms with Crippen LogP contribution in [0.15, 0.2) is 0 Å². The molecule has 0 bridgehead atoms. The van der Waals surface area contributed by atoms with E-state index in [4.69, 9.17) is 0 Å². The molecule has 0 aliphatic carbocycles. The number of rotatable bonds is 6. The lowest BCUT2D eigenvalue weighted by molar-refractivity contribution is 0.0130. The van der Waals surface area contributed by atoms with Crippen LogP contribution in [0.1, 0.15) is 99.8 Å². The van der Waals surface area contributed by atoms with Gasteiger partial charge in [0.2, 0.25) is 0 Å². The molecule has 0 amide bonds. The largest absolute Gasteiger partial charge is 0.316 e. The average Bonchev–Trinajstić information content (AvgIpc) is 2.67. The number of likely N-dealkylation sites (tertiary alicyclic amines) is 1. The summed E-state index contributed by atoms with van der Waals surface area (Å²) in [7, 11) is 2.42. The van der Waals surface area contributed by atoms with Crippen LogP contribution in [-0.4, -0.2) is 50.2 Å². The van der Waals surface area contributed by atoms with Crippen LogP contribution >= 0.6 is 0 Å². The summed E-state index contributed by atoms with van der Waals surface area (Å²) < 4.78 is 0. The second kappa shape index (κ2) is 10.0. The molecule has 5 atom stereocenters. The molecule has 2 N–H and O–H groups in total. The van der Waals surface area contributed by atoms with Crippen LogP contribution in [0.3, 0.4) is 0 Å². The Hall–Kier alpha value is -0.120. The van der Waals surface area contributed by atoms with Crippen LogP contribution in [0, 0.1) is 34.0 Å². The molecule has 0 radical (unpaired) electrons. The highest BCUT2D eigenvalue weighted by atomic mass is 15.1. The van der Waals surface area contributed by atoms with Gasteiger partial charge in [0, 0.05) is 18.6 Å². The van der Waals surface area contributed by atoms with Gasteiger partial charge in [-0.15, -0.1) is 0 Å². The summed E-state index contributed by atoms with van der Waals surface area (Å²) in [6, 6.07) is 1.43. The van der Waals surface area contributed by atoms with Gasteiger partial charge in [-0.25, -0.2) is 0 Å². The summed E-state index contributed by atoms with van der Waals surface area (Å²) in [4.78, 5) is 2.75. The van der Waals surface area contributed by atoms with Crippen molar-refractivity contribution in [2.75, 3.05) is 33.2 Å². The molecule has 3 rings (SSSR count). The van der Waals surface area contributed by atoms with E-state index in [-0.39, 0.29) is 0 Å². The number of hydrogen-bond donors (Lipinski definition) is 2. The third kappa shape index (κ3) is 6.70. The highest BCUT2D eigenvalue weighted by molar-refractivity contribution is 4.95. The first-order valence-electron chi connectivity index (χ1n) is 13.5. The van der Waals surface area contributed by atoms with E-state index in [0.717, 1.165) is 23.8 Å². The molecule has 3 aliphatic rings. The van der Waals surface area contributed by atoms with Gasteiger partial charge in [0.15, 0.2) is 0 Å². The van der Waals surface area contributed by atoms with Crippen LogP contribution in [0.25, 0.3) is 0 Å². The van der Waals surface area contributed by atoms with Crippen LogP contribution in [-0.2, 0) is 0 Å². The van der Waals surface area contributed by atoms with E-state index in [9.17, 15) is 0 Å². The smallest absolute Gasteiger partial charge is 0.0144 e. The lowest BCUT2D eigenvalue weighted by Crippen LogP contribution is -2.52. The molecule has 0 aromatic carbocycles. The van der Waals surface area contributed by atoms with Crippen molar-refractivity contribution in [2.45, 2.75) is 112 Å². The molecule has 31 heavy (non-hydrogen) atoms. The number of hydrogen-bond acceptors (Lipinski definition) is 3. The fourth-order valence-corrected chi connectivity index (χ4v) is 7.53. The Balaban J connectivity index is 1.49. The van der Waals surface area contributed by atoms with E-state index < -0.39 is 0 Å². The normalized spacial score (nSPS) is 34.6. The molecular formula is C28H55N3. The van der Waals surface area contributed by atoms with Crippen molar-refractivity contribution in [1.82, 2.24) is 15.5 Å². The van der Waals surface area contributed by atoms with Crippen molar-refractivity contribution in [3.8, 4) is 0 Å². The fraction of sp³-hybridized carbons (Fsp3) is 1.00. The molecule has 3 heterocycles. The molecule has 3 heteroatoms. The quantitative estimate of drug-likeness (QED) is 0.542. The Morgan fingerprint density at radius 1 is 0.774 bits per heavy atom.